The quantitative estimate of drug-likeness (QED) is 0.540. The van der Waals surface area contributed by atoms with Gasteiger partial charge >= 0.3 is 6.03 Å². The monoisotopic (exact) mass is 451 g/mol. The van der Waals surface area contributed by atoms with Gasteiger partial charge in [0.1, 0.15) is 14.8 Å². The molecule has 164 valence electrons. The molecule has 0 spiro atoms. The normalized spacial score (nSPS) is 13.9. The fourth-order valence-electron chi connectivity index (χ4n) is 2.79. The van der Waals surface area contributed by atoms with Crippen molar-refractivity contribution in [2.24, 2.45) is 14.5 Å². The van der Waals surface area contributed by atoms with E-state index in [4.69, 9.17) is 5.14 Å². The molecule has 1 atom stereocenters. The van der Waals surface area contributed by atoms with Crippen molar-refractivity contribution in [2.45, 2.75) is 63.2 Å². The summed E-state index contributed by atoms with van der Waals surface area (Å²) in [4.78, 5) is 20.7. The number of aliphatic hydroxyl groups is 1. The highest BCUT2D eigenvalue weighted by atomic mass is 32.2. The first-order valence-electron chi connectivity index (χ1n) is 9.45. The number of nitrogens with zero attached hydrogens (tertiary/aromatic N) is 3. The molecule has 0 aliphatic rings. The fraction of sp³-hybridized carbons (Fsp3) is 0.450. The van der Waals surface area contributed by atoms with E-state index < -0.39 is 21.5 Å². The number of nitrogens with one attached hydrogen (secondary N) is 1. The van der Waals surface area contributed by atoms with Crippen LogP contribution in [0.5, 0.6) is 0 Å². The lowest BCUT2D eigenvalue weighted by atomic mass is 9.92. The number of carbonyl (C=O) groups excluding carboxylic acids is 1. The molecular formula is C20H29N5O3S2. The van der Waals surface area contributed by atoms with Crippen molar-refractivity contribution in [3.8, 4) is 0 Å². The number of rotatable bonds is 6. The van der Waals surface area contributed by atoms with Crippen molar-refractivity contribution in [2.75, 3.05) is 5.32 Å². The van der Waals surface area contributed by atoms with Gasteiger partial charge in [0.2, 0.25) is 0 Å². The zero-order valence-electron chi connectivity index (χ0n) is 18.1. The third-order valence-corrected chi connectivity index (χ3v) is 7.55. The van der Waals surface area contributed by atoms with E-state index in [1.165, 1.54) is 6.20 Å². The number of amides is 2. The fourth-order valence-corrected chi connectivity index (χ4v) is 4.86. The van der Waals surface area contributed by atoms with Crippen LogP contribution >= 0.6 is 11.3 Å². The van der Waals surface area contributed by atoms with E-state index in [0.29, 0.717) is 16.4 Å². The van der Waals surface area contributed by atoms with Crippen LogP contribution in [0.4, 0.5) is 16.2 Å². The third-order valence-electron chi connectivity index (χ3n) is 4.36. The van der Waals surface area contributed by atoms with Gasteiger partial charge in [-0.1, -0.05) is 27.7 Å². The summed E-state index contributed by atoms with van der Waals surface area (Å²) in [5.41, 5.74) is 1.86. The van der Waals surface area contributed by atoms with E-state index in [1.807, 2.05) is 39.8 Å². The summed E-state index contributed by atoms with van der Waals surface area (Å²) in [7, 11) is -3.52. The molecular weight excluding hydrogens is 422 g/mol. The number of nitrogens with two attached hydrogens (primary N) is 1. The van der Waals surface area contributed by atoms with Gasteiger partial charge in [0.25, 0.3) is 0 Å². The molecule has 0 aliphatic carbocycles. The summed E-state index contributed by atoms with van der Waals surface area (Å²) >= 11 is 0.961. The minimum Gasteiger partial charge on any atom is -0.383 e. The zero-order chi connectivity index (χ0) is 22.9. The highest BCUT2D eigenvalue weighted by Crippen LogP contribution is 2.36. The molecule has 4 N–H and O–H groups in total. The molecule has 0 saturated heterocycles. The van der Waals surface area contributed by atoms with Crippen LogP contribution in [0.2, 0.25) is 0 Å². The molecule has 10 heteroatoms. The Hall–Kier alpha value is -2.14. The molecule has 1 unspecified atom stereocenters. The van der Waals surface area contributed by atoms with E-state index in [1.54, 1.807) is 13.8 Å². The molecule has 0 saturated carbocycles. The Bertz CT molecular complexity index is 1050. The molecule has 2 rings (SSSR count). The lowest BCUT2D eigenvalue weighted by Crippen LogP contribution is -2.18. The molecule has 1 heterocycles. The smallest absolute Gasteiger partial charge is 0.354 e. The second kappa shape index (κ2) is 8.93. The van der Waals surface area contributed by atoms with Gasteiger partial charge in [0.15, 0.2) is 9.92 Å². The summed E-state index contributed by atoms with van der Waals surface area (Å²) in [6, 6.07) is 2.90. The van der Waals surface area contributed by atoms with Gasteiger partial charge in [0.05, 0.1) is 11.9 Å². The summed E-state index contributed by atoms with van der Waals surface area (Å²) in [6.07, 6.45) is 1.28. The SMILES string of the molecule is C=Nc1cc(C(C)C)c(NC(=O)N=S(N)(=O)c2cnc(C(C)(C)O)s2)c(C(C)C)c1. The number of urea groups is 1. The van der Waals surface area contributed by atoms with Crippen molar-refractivity contribution < 1.29 is 14.1 Å². The van der Waals surface area contributed by atoms with Crippen molar-refractivity contribution >= 4 is 45.4 Å². The molecule has 2 aromatic rings. The van der Waals surface area contributed by atoms with E-state index in [9.17, 15) is 14.1 Å². The van der Waals surface area contributed by atoms with Crippen LogP contribution in [0.25, 0.3) is 0 Å². The summed E-state index contributed by atoms with van der Waals surface area (Å²) in [5.74, 6) is 0.190. The van der Waals surface area contributed by atoms with Crippen LogP contribution in [-0.2, 0) is 15.5 Å². The van der Waals surface area contributed by atoms with E-state index >= 15 is 0 Å². The lowest BCUT2D eigenvalue weighted by Gasteiger charge is -2.20. The number of aliphatic imine (C=N–C) groups is 1. The second-order valence-electron chi connectivity index (χ2n) is 8.10. The first kappa shape index (κ1) is 24.1. The summed E-state index contributed by atoms with van der Waals surface area (Å²) in [6.45, 7) is 14.7. The van der Waals surface area contributed by atoms with Gasteiger partial charge < -0.3 is 10.4 Å². The zero-order valence-corrected chi connectivity index (χ0v) is 19.7. The van der Waals surface area contributed by atoms with Crippen molar-refractivity contribution in [3.63, 3.8) is 0 Å². The number of hydrogen-bond donors (Lipinski definition) is 3. The highest BCUT2D eigenvalue weighted by Gasteiger charge is 2.24. The van der Waals surface area contributed by atoms with Crippen LogP contribution in [0.1, 0.15) is 69.5 Å². The Balaban J connectivity index is 2.47. The molecule has 2 amide bonds. The standard InChI is InChI=1S/C20H29N5O3S2/c1-11(2)14-8-13(22-7)9-15(12(3)4)17(14)24-19(26)25-30(21,28)16-10-23-18(29-16)20(5,6)27/h8-12,27H,7H2,1-6H3,(H3,21,24,25,26,28). The second-order valence-corrected chi connectivity index (χ2v) is 11.1. The predicted molar refractivity (Wildman–Crippen MR) is 123 cm³/mol. The first-order chi connectivity index (χ1) is 13.8. The minimum absolute atomic E-state index is 0.0950. The van der Waals surface area contributed by atoms with E-state index in [0.717, 1.165) is 22.5 Å². The van der Waals surface area contributed by atoms with Crippen LogP contribution in [0.15, 0.2) is 31.9 Å². The Labute approximate surface area is 182 Å². The first-order valence-corrected chi connectivity index (χ1v) is 11.8. The molecule has 1 aromatic carbocycles. The van der Waals surface area contributed by atoms with Crippen molar-refractivity contribution in [1.82, 2.24) is 4.98 Å². The van der Waals surface area contributed by atoms with Gasteiger partial charge in [-0.15, -0.1) is 15.7 Å². The van der Waals surface area contributed by atoms with E-state index in [-0.39, 0.29) is 16.0 Å². The van der Waals surface area contributed by atoms with Crippen LogP contribution < -0.4 is 10.5 Å². The maximum Gasteiger partial charge on any atom is 0.354 e. The Morgan fingerprint density at radius 2 is 1.80 bits per heavy atom. The molecule has 8 nitrogen and oxygen atoms in total. The maximum absolute atomic E-state index is 12.9. The van der Waals surface area contributed by atoms with Gasteiger partial charge in [-0.3, -0.25) is 4.99 Å². The van der Waals surface area contributed by atoms with Crippen LogP contribution in [-0.4, -0.2) is 27.0 Å². The predicted octanol–water partition coefficient (Wildman–Crippen LogP) is 4.88. The molecule has 1 aromatic heterocycles. The average molecular weight is 452 g/mol. The molecule has 0 bridgehead atoms. The molecule has 30 heavy (non-hydrogen) atoms. The Kier molecular flexibility index (Phi) is 7.18. The number of carbonyl (C=O) groups is 1. The van der Waals surface area contributed by atoms with Gasteiger partial charge in [-0.25, -0.2) is 19.1 Å². The third kappa shape index (κ3) is 5.51. The topological polar surface area (TPSA) is 130 Å². The van der Waals surface area contributed by atoms with Gasteiger partial charge in [0, 0.05) is 5.69 Å². The number of anilines is 1. The Morgan fingerprint density at radius 3 is 2.20 bits per heavy atom. The number of aromatic nitrogens is 1. The van der Waals surface area contributed by atoms with E-state index in [2.05, 4.69) is 26.4 Å². The lowest BCUT2D eigenvalue weighted by molar-refractivity contribution is 0.0783. The summed E-state index contributed by atoms with van der Waals surface area (Å²) < 4.78 is 16.7. The maximum atomic E-state index is 12.9. The number of thiazole rings is 1. The van der Waals surface area contributed by atoms with Gasteiger partial charge in [-0.05, 0) is 55.7 Å². The number of hydrogen-bond acceptors (Lipinski definition) is 6. The number of benzene rings is 1. The molecule has 0 radical (unpaired) electrons. The van der Waals surface area contributed by atoms with Crippen LogP contribution in [0, 0.1) is 0 Å². The molecule has 0 aliphatic heterocycles. The van der Waals surface area contributed by atoms with Crippen molar-refractivity contribution in [3.05, 3.63) is 34.5 Å². The largest absolute Gasteiger partial charge is 0.383 e. The van der Waals surface area contributed by atoms with Crippen LogP contribution in [0.3, 0.4) is 0 Å². The Morgan fingerprint density at radius 1 is 1.27 bits per heavy atom. The summed E-state index contributed by atoms with van der Waals surface area (Å²) in [5, 5.41) is 19.0. The van der Waals surface area contributed by atoms with Gasteiger partial charge in [-0.2, -0.15) is 0 Å². The van der Waals surface area contributed by atoms with Crippen molar-refractivity contribution in [1.29, 1.82) is 0 Å². The highest BCUT2D eigenvalue weighted by molar-refractivity contribution is 7.93. The minimum atomic E-state index is -3.52. The average Bonchev–Trinajstić information content (AvgIpc) is 3.12. The molecule has 0 fully saturated rings.